The normalized spacial score (nSPS) is 11.8. The Kier molecular flexibility index (Phi) is 8.71. The highest BCUT2D eigenvalue weighted by atomic mass is 16.5. The third kappa shape index (κ3) is 7.26. The zero-order valence-corrected chi connectivity index (χ0v) is 17.9. The molecule has 0 spiro atoms. The van der Waals surface area contributed by atoms with Gasteiger partial charge in [0.25, 0.3) is 5.91 Å². The van der Waals surface area contributed by atoms with Gasteiger partial charge in [-0.05, 0) is 42.5 Å². The molecule has 0 saturated carbocycles. The number of carbonyl (C=O) groups excluding carboxylic acids is 2. The van der Waals surface area contributed by atoms with Crippen LogP contribution in [0.15, 0.2) is 54.6 Å². The third-order valence-corrected chi connectivity index (χ3v) is 4.74. The van der Waals surface area contributed by atoms with Crippen molar-refractivity contribution < 1.29 is 14.3 Å². The lowest BCUT2D eigenvalue weighted by Gasteiger charge is -2.29. The van der Waals surface area contributed by atoms with Crippen LogP contribution in [-0.2, 0) is 22.6 Å². The van der Waals surface area contributed by atoms with Crippen LogP contribution in [0.4, 0.5) is 0 Å². The number of hydrogen-bond acceptors (Lipinski definition) is 3. The van der Waals surface area contributed by atoms with Crippen LogP contribution < -0.4 is 10.1 Å². The highest BCUT2D eigenvalue weighted by Gasteiger charge is 2.26. The van der Waals surface area contributed by atoms with E-state index in [9.17, 15) is 9.59 Å². The second kappa shape index (κ2) is 11.2. The molecular formula is C24H32N2O3. The molecule has 0 unspecified atom stereocenters. The molecule has 0 aromatic heterocycles. The summed E-state index contributed by atoms with van der Waals surface area (Å²) in [5.41, 5.74) is 2.18. The lowest BCUT2D eigenvalue weighted by Crippen LogP contribution is -2.49. The summed E-state index contributed by atoms with van der Waals surface area (Å²) in [5.74, 6) is 0.613. The lowest BCUT2D eigenvalue weighted by molar-refractivity contribution is -0.142. The van der Waals surface area contributed by atoms with Crippen molar-refractivity contribution in [2.24, 2.45) is 5.92 Å². The van der Waals surface area contributed by atoms with E-state index in [1.54, 1.807) is 11.8 Å². The van der Waals surface area contributed by atoms with Gasteiger partial charge in [-0.3, -0.25) is 9.59 Å². The number of nitrogens with one attached hydrogen (secondary N) is 1. The van der Waals surface area contributed by atoms with E-state index in [4.69, 9.17) is 4.74 Å². The predicted molar refractivity (Wildman–Crippen MR) is 116 cm³/mol. The summed E-state index contributed by atoms with van der Waals surface area (Å²) in [6.07, 6.45) is 0.951. The Morgan fingerprint density at radius 3 is 2.21 bits per heavy atom. The van der Waals surface area contributed by atoms with Gasteiger partial charge in [0.2, 0.25) is 5.91 Å². The maximum atomic E-state index is 12.9. The van der Waals surface area contributed by atoms with Gasteiger partial charge in [-0.2, -0.15) is 0 Å². The monoisotopic (exact) mass is 396 g/mol. The average molecular weight is 397 g/mol. The molecule has 5 heteroatoms. The van der Waals surface area contributed by atoms with Crippen molar-refractivity contribution in [3.63, 3.8) is 0 Å². The van der Waals surface area contributed by atoms with E-state index in [1.807, 2.05) is 68.4 Å². The molecule has 2 rings (SSSR count). The molecule has 0 bridgehead atoms. The van der Waals surface area contributed by atoms with Gasteiger partial charge in [0.15, 0.2) is 6.61 Å². The fourth-order valence-corrected chi connectivity index (χ4v) is 2.86. The number of amides is 2. The summed E-state index contributed by atoms with van der Waals surface area (Å²) in [6.45, 7) is 8.75. The third-order valence-electron chi connectivity index (χ3n) is 4.74. The number of rotatable bonds is 10. The topological polar surface area (TPSA) is 58.6 Å². The van der Waals surface area contributed by atoms with E-state index in [0.29, 0.717) is 24.8 Å². The van der Waals surface area contributed by atoms with E-state index in [1.165, 1.54) is 5.56 Å². The van der Waals surface area contributed by atoms with Crippen LogP contribution in [0, 0.1) is 5.92 Å². The molecule has 0 aliphatic heterocycles. The highest BCUT2D eigenvalue weighted by molar-refractivity contribution is 5.87. The lowest BCUT2D eigenvalue weighted by atomic mass is 10.1. The predicted octanol–water partition coefficient (Wildman–Crippen LogP) is 3.82. The minimum atomic E-state index is -0.590. The second-order valence-electron chi connectivity index (χ2n) is 7.61. The highest BCUT2D eigenvalue weighted by Crippen LogP contribution is 2.14. The Balaban J connectivity index is 2.07. The second-order valence-corrected chi connectivity index (χ2v) is 7.61. The zero-order valence-electron chi connectivity index (χ0n) is 17.9. The van der Waals surface area contributed by atoms with Crippen molar-refractivity contribution in [3.05, 3.63) is 65.7 Å². The van der Waals surface area contributed by atoms with Crippen LogP contribution in [0.1, 0.15) is 38.8 Å². The fraction of sp³-hybridized carbons (Fsp3) is 0.417. The number of nitrogens with zero attached hydrogens (tertiary/aromatic N) is 1. The summed E-state index contributed by atoms with van der Waals surface area (Å²) in [5, 5.41) is 2.92. The molecule has 0 heterocycles. The Morgan fingerprint density at radius 2 is 1.62 bits per heavy atom. The first-order valence-corrected chi connectivity index (χ1v) is 10.2. The molecule has 156 valence electrons. The molecule has 0 radical (unpaired) electrons. The van der Waals surface area contributed by atoms with E-state index < -0.39 is 6.04 Å². The van der Waals surface area contributed by atoms with Gasteiger partial charge < -0.3 is 15.0 Å². The molecule has 29 heavy (non-hydrogen) atoms. The number of benzene rings is 2. The van der Waals surface area contributed by atoms with Gasteiger partial charge in [0.1, 0.15) is 11.8 Å². The van der Waals surface area contributed by atoms with E-state index in [-0.39, 0.29) is 18.4 Å². The minimum Gasteiger partial charge on any atom is -0.484 e. The smallest absolute Gasteiger partial charge is 0.261 e. The molecule has 2 aromatic carbocycles. The molecule has 1 N–H and O–H groups in total. The van der Waals surface area contributed by atoms with Crippen LogP contribution in [0.5, 0.6) is 5.75 Å². The molecule has 2 aromatic rings. The van der Waals surface area contributed by atoms with Crippen molar-refractivity contribution in [3.8, 4) is 5.75 Å². The first-order chi connectivity index (χ1) is 13.9. The van der Waals surface area contributed by atoms with Gasteiger partial charge in [0.05, 0.1) is 0 Å². The standard InChI is InChI=1S/C24H32N2O3/c1-5-20-11-13-22(14-12-20)29-17-23(27)26(16-21-9-7-6-8-10-21)19(4)24(28)25-15-18(2)3/h6-14,18-19H,5,15-17H2,1-4H3,(H,25,28)/t19-/m0/s1. The quantitative estimate of drug-likeness (QED) is 0.664. The van der Waals surface area contributed by atoms with Gasteiger partial charge in [-0.25, -0.2) is 0 Å². The molecule has 0 fully saturated rings. The zero-order chi connectivity index (χ0) is 21.2. The van der Waals surface area contributed by atoms with Crippen LogP contribution in [-0.4, -0.2) is 35.9 Å². The van der Waals surface area contributed by atoms with Gasteiger partial charge >= 0.3 is 0 Å². The van der Waals surface area contributed by atoms with Crippen molar-refractivity contribution in [1.82, 2.24) is 10.2 Å². The van der Waals surface area contributed by atoms with Crippen LogP contribution >= 0.6 is 0 Å². The summed E-state index contributed by atoms with van der Waals surface area (Å²) < 4.78 is 5.69. The summed E-state index contributed by atoms with van der Waals surface area (Å²) in [7, 11) is 0. The molecule has 0 aliphatic carbocycles. The average Bonchev–Trinajstić information content (AvgIpc) is 2.74. The molecule has 5 nitrogen and oxygen atoms in total. The van der Waals surface area contributed by atoms with Crippen LogP contribution in [0.2, 0.25) is 0 Å². The van der Waals surface area contributed by atoms with Crippen molar-refractivity contribution >= 4 is 11.8 Å². The number of hydrogen-bond donors (Lipinski definition) is 1. The number of carbonyl (C=O) groups is 2. The fourth-order valence-electron chi connectivity index (χ4n) is 2.86. The van der Waals surface area contributed by atoms with Crippen molar-refractivity contribution in [2.75, 3.05) is 13.2 Å². The number of ether oxygens (including phenoxy) is 1. The van der Waals surface area contributed by atoms with Crippen molar-refractivity contribution in [2.45, 2.75) is 46.7 Å². The number of aryl methyl sites for hydroxylation is 1. The molecule has 0 aliphatic rings. The summed E-state index contributed by atoms with van der Waals surface area (Å²) in [6, 6.07) is 16.8. The molecule has 1 atom stereocenters. The molecule has 2 amide bonds. The SMILES string of the molecule is CCc1ccc(OCC(=O)N(Cc2ccccc2)[C@@H](C)C(=O)NCC(C)C)cc1. The summed E-state index contributed by atoms with van der Waals surface area (Å²) in [4.78, 5) is 27.1. The Labute approximate surface area is 174 Å². The van der Waals surface area contributed by atoms with Gasteiger partial charge in [0, 0.05) is 13.1 Å². The first kappa shape index (κ1) is 22.5. The van der Waals surface area contributed by atoms with Gasteiger partial charge in [-0.1, -0.05) is 63.2 Å². The van der Waals surface area contributed by atoms with Crippen molar-refractivity contribution in [1.29, 1.82) is 0 Å². The van der Waals surface area contributed by atoms with E-state index in [2.05, 4.69) is 12.2 Å². The molecular weight excluding hydrogens is 364 g/mol. The largest absolute Gasteiger partial charge is 0.484 e. The molecule has 0 saturated heterocycles. The maximum Gasteiger partial charge on any atom is 0.261 e. The van der Waals surface area contributed by atoms with Crippen LogP contribution in [0.25, 0.3) is 0 Å². The van der Waals surface area contributed by atoms with Crippen LogP contribution in [0.3, 0.4) is 0 Å². The Bertz CT molecular complexity index is 772. The maximum absolute atomic E-state index is 12.9. The Hall–Kier alpha value is -2.82. The first-order valence-electron chi connectivity index (χ1n) is 10.2. The minimum absolute atomic E-state index is 0.111. The van der Waals surface area contributed by atoms with E-state index in [0.717, 1.165) is 12.0 Å². The Morgan fingerprint density at radius 1 is 0.966 bits per heavy atom. The summed E-state index contributed by atoms with van der Waals surface area (Å²) >= 11 is 0. The van der Waals surface area contributed by atoms with E-state index >= 15 is 0 Å². The van der Waals surface area contributed by atoms with Gasteiger partial charge in [-0.15, -0.1) is 0 Å².